The topological polar surface area (TPSA) is 50.3 Å². The average Bonchev–Trinajstić information content (AvgIpc) is 2.56. The highest BCUT2D eigenvalue weighted by molar-refractivity contribution is 6.14. The fourth-order valence-corrected chi connectivity index (χ4v) is 2.16. The van der Waals surface area contributed by atoms with Crippen LogP contribution in [-0.4, -0.2) is 34.7 Å². The summed E-state index contributed by atoms with van der Waals surface area (Å²) in [6.45, 7) is 4.99. The third-order valence-electron chi connectivity index (χ3n) is 3.34. The lowest BCUT2D eigenvalue weighted by Crippen LogP contribution is -2.32. The van der Waals surface area contributed by atoms with E-state index in [1.165, 1.54) is 0 Å². The molecule has 0 saturated carbocycles. The van der Waals surface area contributed by atoms with Gasteiger partial charge in [0.25, 0.3) is 5.91 Å². The van der Waals surface area contributed by atoms with Gasteiger partial charge in [0.2, 0.25) is 0 Å². The maximum Gasteiger partial charge on any atom is 0.273 e. The summed E-state index contributed by atoms with van der Waals surface area (Å²) >= 11 is 0. The molecule has 0 bridgehead atoms. The van der Waals surface area contributed by atoms with Crippen LogP contribution in [0.4, 0.5) is 0 Å². The van der Waals surface area contributed by atoms with E-state index in [-0.39, 0.29) is 17.4 Å². The second-order valence-electron chi connectivity index (χ2n) is 4.57. The molecule has 108 valence electrons. The van der Waals surface area contributed by atoms with Crippen LogP contribution in [0.3, 0.4) is 0 Å². The summed E-state index contributed by atoms with van der Waals surface area (Å²) < 4.78 is 0. The fourth-order valence-electron chi connectivity index (χ4n) is 2.16. The van der Waals surface area contributed by atoms with Crippen LogP contribution >= 0.6 is 0 Å². The molecule has 1 aromatic carbocycles. The Labute approximate surface area is 124 Å². The molecule has 0 aliphatic carbocycles. The first-order chi connectivity index (χ1) is 10.2. The van der Waals surface area contributed by atoms with Crippen molar-refractivity contribution in [2.75, 3.05) is 13.1 Å². The number of carbonyl (C=O) groups excluding carboxylic acids is 2. The number of hydrogen-bond donors (Lipinski definition) is 0. The first-order valence-electron chi connectivity index (χ1n) is 7.03. The standard InChI is InChI=1S/C17H18N2O2/c1-3-19(4-2)17(21)15-14(11-8-12-18-15)16(20)13-9-6-5-7-10-13/h5-12H,3-4H2,1-2H3. The zero-order valence-electron chi connectivity index (χ0n) is 12.2. The zero-order valence-corrected chi connectivity index (χ0v) is 12.2. The predicted molar refractivity (Wildman–Crippen MR) is 81.4 cm³/mol. The highest BCUT2D eigenvalue weighted by atomic mass is 16.2. The molecule has 0 fully saturated rings. The number of carbonyl (C=O) groups is 2. The van der Waals surface area contributed by atoms with Gasteiger partial charge in [0.05, 0.1) is 5.56 Å². The van der Waals surface area contributed by atoms with E-state index < -0.39 is 0 Å². The number of rotatable bonds is 5. The number of hydrogen-bond acceptors (Lipinski definition) is 3. The lowest BCUT2D eigenvalue weighted by atomic mass is 10.0. The Hall–Kier alpha value is -2.49. The Kier molecular flexibility index (Phi) is 4.82. The van der Waals surface area contributed by atoms with E-state index in [0.717, 1.165) is 0 Å². The Morgan fingerprint density at radius 1 is 1.00 bits per heavy atom. The van der Waals surface area contributed by atoms with Crippen molar-refractivity contribution in [1.82, 2.24) is 9.88 Å². The summed E-state index contributed by atoms with van der Waals surface area (Å²) in [7, 11) is 0. The molecule has 0 atom stereocenters. The molecule has 1 amide bonds. The predicted octanol–water partition coefficient (Wildman–Crippen LogP) is 2.79. The monoisotopic (exact) mass is 282 g/mol. The number of amides is 1. The molecule has 0 aliphatic heterocycles. The van der Waals surface area contributed by atoms with Gasteiger partial charge in [-0.15, -0.1) is 0 Å². The molecule has 4 heteroatoms. The van der Waals surface area contributed by atoms with Gasteiger partial charge in [-0.3, -0.25) is 14.6 Å². The van der Waals surface area contributed by atoms with Crippen molar-refractivity contribution in [2.45, 2.75) is 13.8 Å². The fraction of sp³-hybridized carbons (Fsp3) is 0.235. The molecule has 1 heterocycles. The molecular formula is C17H18N2O2. The molecule has 0 radical (unpaired) electrons. The summed E-state index contributed by atoms with van der Waals surface area (Å²) in [5, 5.41) is 0. The van der Waals surface area contributed by atoms with E-state index in [1.807, 2.05) is 19.9 Å². The van der Waals surface area contributed by atoms with E-state index in [4.69, 9.17) is 0 Å². The van der Waals surface area contributed by atoms with E-state index >= 15 is 0 Å². The number of pyridine rings is 1. The van der Waals surface area contributed by atoms with Gasteiger partial charge in [-0.25, -0.2) is 0 Å². The van der Waals surface area contributed by atoms with Crippen molar-refractivity contribution in [3.8, 4) is 0 Å². The Bertz CT molecular complexity index is 634. The number of benzene rings is 1. The summed E-state index contributed by atoms with van der Waals surface area (Å²) in [5.41, 5.74) is 1.12. The van der Waals surface area contributed by atoms with E-state index in [2.05, 4.69) is 4.98 Å². The molecular weight excluding hydrogens is 264 g/mol. The second kappa shape index (κ2) is 6.79. The van der Waals surface area contributed by atoms with Gasteiger partial charge in [-0.05, 0) is 26.0 Å². The molecule has 0 unspecified atom stereocenters. The van der Waals surface area contributed by atoms with Crippen molar-refractivity contribution in [3.05, 3.63) is 65.5 Å². The molecule has 0 N–H and O–H groups in total. The van der Waals surface area contributed by atoms with Gasteiger partial charge >= 0.3 is 0 Å². The minimum atomic E-state index is -0.208. The van der Waals surface area contributed by atoms with Crippen molar-refractivity contribution in [2.24, 2.45) is 0 Å². The highest BCUT2D eigenvalue weighted by Crippen LogP contribution is 2.14. The van der Waals surface area contributed by atoms with Crippen LogP contribution in [0.25, 0.3) is 0 Å². The first kappa shape index (κ1) is 14.9. The minimum absolute atomic E-state index is 0.181. The van der Waals surface area contributed by atoms with Crippen LogP contribution in [-0.2, 0) is 0 Å². The Morgan fingerprint density at radius 2 is 1.67 bits per heavy atom. The lowest BCUT2D eigenvalue weighted by molar-refractivity contribution is 0.0762. The van der Waals surface area contributed by atoms with Crippen LogP contribution in [0.2, 0.25) is 0 Å². The van der Waals surface area contributed by atoms with Crippen molar-refractivity contribution < 1.29 is 9.59 Å². The molecule has 0 saturated heterocycles. The van der Waals surface area contributed by atoms with Gasteiger partial charge in [-0.1, -0.05) is 30.3 Å². The lowest BCUT2D eigenvalue weighted by Gasteiger charge is -2.19. The van der Waals surface area contributed by atoms with E-state index in [9.17, 15) is 9.59 Å². The summed E-state index contributed by atoms with van der Waals surface area (Å²) in [6.07, 6.45) is 1.54. The van der Waals surface area contributed by atoms with Crippen molar-refractivity contribution in [3.63, 3.8) is 0 Å². The van der Waals surface area contributed by atoms with Gasteiger partial charge in [0, 0.05) is 24.8 Å². The molecule has 21 heavy (non-hydrogen) atoms. The smallest absolute Gasteiger partial charge is 0.273 e. The van der Waals surface area contributed by atoms with Crippen molar-refractivity contribution in [1.29, 1.82) is 0 Å². The normalized spacial score (nSPS) is 10.2. The van der Waals surface area contributed by atoms with Gasteiger partial charge in [0.15, 0.2) is 5.78 Å². The zero-order chi connectivity index (χ0) is 15.2. The van der Waals surface area contributed by atoms with Crippen LogP contribution < -0.4 is 0 Å². The Morgan fingerprint density at radius 3 is 2.29 bits per heavy atom. The van der Waals surface area contributed by atoms with Crippen LogP contribution in [0.1, 0.15) is 40.3 Å². The number of ketones is 1. The van der Waals surface area contributed by atoms with Gasteiger partial charge < -0.3 is 4.90 Å². The largest absolute Gasteiger partial charge is 0.338 e. The number of aromatic nitrogens is 1. The van der Waals surface area contributed by atoms with Crippen LogP contribution in [0.15, 0.2) is 48.7 Å². The summed E-state index contributed by atoms with van der Waals surface area (Å²) in [5.74, 6) is -0.390. The Balaban J connectivity index is 2.42. The van der Waals surface area contributed by atoms with Crippen LogP contribution in [0, 0.1) is 0 Å². The van der Waals surface area contributed by atoms with E-state index in [0.29, 0.717) is 24.2 Å². The SMILES string of the molecule is CCN(CC)C(=O)c1ncccc1C(=O)c1ccccc1. The first-order valence-corrected chi connectivity index (χ1v) is 7.03. The quantitative estimate of drug-likeness (QED) is 0.792. The molecule has 1 aromatic heterocycles. The van der Waals surface area contributed by atoms with Crippen molar-refractivity contribution >= 4 is 11.7 Å². The van der Waals surface area contributed by atoms with Crippen LogP contribution in [0.5, 0.6) is 0 Å². The molecule has 0 aliphatic rings. The number of nitrogens with zero attached hydrogens (tertiary/aromatic N) is 2. The second-order valence-corrected chi connectivity index (χ2v) is 4.57. The third-order valence-corrected chi connectivity index (χ3v) is 3.34. The summed E-state index contributed by atoms with van der Waals surface area (Å²) in [6, 6.07) is 12.3. The molecule has 4 nitrogen and oxygen atoms in total. The molecule has 2 rings (SSSR count). The molecule has 2 aromatic rings. The van der Waals surface area contributed by atoms with Gasteiger partial charge in [0.1, 0.15) is 5.69 Å². The van der Waals surface area contributed by atoms with E-state index in [1.54, 1.807) is 47.5 Å². The minimum Gasteiger partial charge on any atom is -0.338 e. The third kappa shape index (κ3) is 3.16. The molecule has 0 spiro atoms. The summed E-state index contributed by atoms with van der Waals surface area (Å²) in [4.78, 5) is 30.8. The maximum absolute atomic E-state index is 12.6. The van der Waals surface area contributed by atoms with Gasteiger partial charge in [-0.2, -0.15) is 0 Å². The highest BCUT2D eigenvalue weighted by Gasteiger charge is 2.22. The maximum atomic E-state index is 12.6. The average molecular weight is 282 g/mol.